The molecule has 7 heavy (non-hydrogen) atoms. The molecule has 2 nitrogen and oxygen atoms in total. The normalized spacial score (nSPS) is 24.9. The van der Waals surface area contributed by atoms with Gasteiger partial charge in [-0.25, -0.2) is 0 Å². The lowest BCUT2D eigenvalue weighted by Gasteiger charge is -2.08. The average Bonchev–Trinajstić information content (AvgIpc) is 2.44. The van der Waals surface area contributed by atoms with Crippen molar-refractivity contribution in [3.05, 3.63) is 0 Å². The maximum Gasteiger partial charge on any atom is 0.0566 e. The van der Waals surface area contributed by atoms with E-state index in [9.17, 15) is 0 Å². The molecule has 1 saturated heterocycles. The van der Waals surface area contributed by atoms with Gasteiger partial charge in [-0.05, 0) is 14.0 Å². The third-order valence-corrected chi connectivity index (χ3v) is 1.45. The fourth-order valence-corrected chi connectivity index (χ4v) is 0.628. The van der Waals surface area contributed by atoms with Gasteiger partial charge in [0.25, 0.3) is 0 Å². The molecule has 2 heteroatoms. The second-order valence-corrected chi connectivity index (χ2v) is 2.00. The van der Waals surface area contributed by atoms with Crippen molar-refractivity contribution in [1.82, 2.24) is 10.2 Å². The molecule has 0 bridgehead atoms. The third kappa shape index (κ3) is 1.14. The van der Waals surface area contributed by atoms with Crippen LogP contribution in [0.1, 0.15) is 6.92 Å². The Morgan fingerprint density at radius 2 is 2.14 bits per heavy atom. The summed E-state index contributed by atoms with van der Waals surface area (Å²) in [7, 11) is 1.99. The largest absolute Gasteiger partial charge is 0.305 e. The summed E-state index contributed by atoms with van der Waals surface area (Å²) in [5.74, 6) is 0. The fourth-order valence-electron chi connectivity index (χ4n) is 0.628. The topological polar surface area (TPSA) is 15.0 Å². The van der Waals surface area contributed by atoms with Crippen molar-refractivity contribution in [2.75, 3.05) is 20.1 Å². The molecule has 0 amide bonds. The number of hydrogen-bond acceptors (Lipinski definition) is 2. The maximum absolute atomic E-state index is 3.15. The van der Waals surface area contributed by atoms with Crippen LogP contribution in [0.2, 0.25) is 0 Å². The lowest BCUT2D eigenvalue weighted by molar-refractivity contribution is 0.380. The van der Waals surface area contributed by atoms with Gasteiger partial charge in [-0.1, -0.05) is 0 Å². The van der Waals surface area contributed by atoms with Crippen LogP contribution in [0.5, 0.6) is 0 Å². The predicted molar refractivity (Wildman–Crippen MR) is 30.1 cm³/mol. The smallest absolute Gasteiger partial charge is 0.0566 e. The SMILES string of the molecule is CNC(C)N1CC1. The van der Waals surface area contributed by atoms with E-state index in [1.807, 2.05) is 7.05 Å². The molecule has 0 radical (unpaired) electrons. The summed E-state index contributed by atoms with van der Waals surface area (Å²) in [6, 6.07) is 0. The average molecular weight is 100 g/mol. The van der Waals surface area contributed by atoms with E-state index in [1.165, 1.54) is 13.1 Å². The summed E-state index contributed by atoms with van der Waals surface area (Å²) in [5.41, 5.74) is 0. The Bertz CT molecular complexity index is 59.1. The van der Waals surface area contributed by atoms with Gasteiger partial charge in [0.2, 0.25) is 0 Å². The first-order valence-corrected chi connectivity index (χ1v) is 2.76. The Hall–Kier alpha value is -0.0800. The molecule has 1 atom stereocenters. The zero-order valence-corrected chi connectivity index (χ0v) is 4.94. The van der Waals surface area contributed by atoms with Crippen LogP contribution in [0, 0.1) is 0 Å². The van der Waals surface area contributed by atoms with Crippen LogP contribution >= 0.6 is 0 Å². The molecule has 1 fully saturated rings. The Kier molecular flexibility index (Phi) is 1.30. The Morgan fingerprint density at radius 3 is 2.29 bits per heavy atom. The van der Waals surface area contributed by atoms with Crippen molar-refractivity contribution in [3.8, 4) is 0 Å². The molecule has 0 aliphatic carbocycles. The quantitative estimate of drug-likeness (QED) is 0.486. The summed E-state index contributed by atoms with van der Waals surface area (Å²) in [5, 5.41) is 3.15. The van der Waals surface area contributed by atoms with Crippen LogP contribution in [-0.2, 0) is 0 Å². The first-order valence-electron chi connectivity index (χ1n) is 2.76. The minimum Gasteiger partial charge on any atom is -0.305 e. The Balaban J connectivity index is 2.10. The van der Waals surface area contributed by atoms with Gasteiger partial charge in [-0.2, -0.15) is 0 Å². The molecule has 1 aliphatic heterocycles. The molecule has 1 unspecified atom stereocenters. The van der Waals surface area contributed by atoms with E-state index in [0.29, 0.717) is 6.17 Å². The molecular weight excluding hydrogens is 88.1 g/mol. The van der Waals surface area contributed by atoms with Gasteiger partial charge in [-0.15, -0.1) is 0 Å². The molecule has 1 N–H and O–H groups in total. The monoisotopic (exact) mass is 100 g/mol. The van der Waals surface area contributed by atoms with Crippen molar-refractivity contribution in [2.24, 2.45) is 0 Å². The van der Waals surface area contributed by atoms with Crippen molar-refractivity contribution in [2.45, 2.75) is 13.1 Å². The Morgan fingerprint density at radius 1 is 1.57 bits per heavy atom. The number of nitrogens with one attached hydrogen (secondary N) is 1. The zero-order chi connectivity index (χ0) is 5.28. The molecule has 0 saturated carbocycles. The highest BCUT2D eigenvalue weighted by atomic mass is 15.3. The zero-order valence-electron chi connectivity index (χ0n) is 4.94. The van der Waals surface area contributed by atoms with Crippen LogP contribution < -0.4 is 5.32 Å². The molecule has 0 aromatic rings. The minimum atomic E-state index is 0.597. The van der Waals surface area contributed by atoms with Crippen molar-refractivity contribution in [1.29, 1.82) is 0 Å². The van der Waals surface area contributed by atoms with Gasteiger partial charge in [0.15, 0.2) is 0 Å². The summed E-state index contributed by atoms with van der Waals surface area (Å²) in [4.78, 5) is 2.36. The molecular formula is C5H12N2. The first-order chi connectivity index (χ1) is 3.34. The van der Waals surface area contributed by atoms with E-state index in [2.05, 4.69) is 17.1 Å². The van der Waals surface area contributed by atoms with E-state index in [0.717, 1.165) is 0 Å². The molecule has 0 spiro atoms. The van der Waals surface area contributed by atoms with Crippen LogP contribution in [-0.4, -0.2) is 31.2 Å². The highest BCUT2D eigenvalue weighted by molar-refractivity contribution is 4.76. The maximum atomic E-state index is 3.15. The molecule has 1 aliphatic rings. The summed E-state index contributed by atoms with van der Waals surface area (Å²) >= 11 is 0. The third-order valence-electron chi connectivity index (χ3n) is 1.45. The van der Waals surface area contributed by atoms with Gasteiger partial charge >= 0.3 is 0 Å². The summed E-state index contributed by atoms with van der Waals surface area (Å²) < 4.78 is 0. The van der Waals surface area contributed by atoms with E-state index in [-0.39, 0.29) is 0 Å². The molecule has 0 aromatic carbocycles. The van der Waals surface area contributed by atoms with Crippen molar-refractivity contribution >= 4 is 0 Å². The van der Waals surface area contributed by atoms with Crippen LogP contribution in [0.4, 0.5) is 0 Å². The van der Waals surface area contributed by atoms with Crippen molar-refractivity contribution in [3.63, 3.8) is 0 Å². The molecule has 1 heterocycles. The number of hydrogen-bond donors (Lipinski definition) is 1. The summed E-state index contributed by atoms with van der Waals surface area (Å²) in [6.45, 7) is 4.73. The molecule has 1 rings (SSSR count). The second kappa shape index (κ2) is 1.80. The Labute approximate surface area is 44.5 Å². The summed E-state index contributed by atoms with van der Waals surface area (Å²) in [6.07, 6.45) is 0.597. The van der Waals surface area contributed by atoms with Gasteiger partial charge in [0, 0.05) is 13.1 Å². The van der Waals surface area contributed by atoms with Crippen LogP contribution in [0.15, 0.2) is 0 Å². The first kappa shape index (κ1) is 5.06. The predicted octanol–water partition coefficient (Wildman–Crippen LogP) is -0.133. The fraction of sp³-hybridized carbons (Fsp3) is 1.00. The van der Waals surface area contributed by atoms with Crippen LogP contribution in [0.3, 0.4) is 0 Å². The standard InChI is InChI=1S/C5H12N2/c1-5(6-2)7-3-4-7/h5-6H,3-4H2,1-2H3. The lowest BCUT2D eigenvalue weighted by Crippen LogP contribution is -2.29. The molecule has 0 aromatic heterocycles. The highest BCUT2D eigenvalue weighted by Gasteiger charge is 2.21. The molecule has 42 valence electrons. The number of nitrogens with zero attached hydrogens (tertiary/aromatic N) is 1. The lowest BCUT2D eigenvalue weighted by atomic mass is 10.6. The van der Waals surface area contributed by atoms with Crippen LogP contribution in [0.25, 0.3) is 0 Å². The van der Waals surface area contributed by atoms with Gasteiger partial charge in [0.1, 0.15) is 0 Å². The van der Waals surface area contributed by atoms with Crippen molar-refractivity contribution < 1.29 is 0 Å². The highest BCUT2D eigenvalue weighted by Crippen LogP contribution is 2.05. The minimum absolute atomic E-state index is 0.597. The van der Waals surface area contributed by atoms with Gasteiger partial charge < -0.3 is 5.32 Å². The van der Waals surface area contributed by atoms with Gasteiger partial charge in [-0.3, -0.25) is 4.90 Å². The van der Waals surface area contributed by atoms with E-state index in [4.69, 9.17) is 0 Å². The van der Waals surface area contributed by atoms with E-state index < -0.39 is 0 Å². The van der Waals surface area contributed by atoms with E-state index in [1.54, 1.807) is 0 Å². The van der Waals surface area contributed by atoms with Gasteiger partial charge in [0.05, 0.1) is 6.17 Å². The van der Waals surface area contributed by atoms with E-state index >= 15 is 0 Å². The number of rotatable bonds is 2. The second-order valence-electron chi connectivity index (χ2n) is 2.00.